The van der Waals surface area contributed by atoms with Gasteiger partial charge in [0.25, 0.3) is 0 Å². The molecule has 0 radical (unpaired) electrons. The van der Waals surface area contributed by atoms with E-state index < -0.39 is 0 Å². The first-order valence-electron chi connectivity index (χ1n) is 7.92. The Morgan fingerprint density at radius 3 is 2.85 bits per heavy atom. The Morgan fingerprint density at radius 2 is 2.08 bits per heavy atom. The average molecular weight is 405 g/mol. The number of amides is 1. The van der Waals surface area contributed by atoms with Crippen molar-refractivity contribution in [2.75, 3.05) is 18.2 Å². The summed E-state index contributed by atoms with van der Waals surface area (Å²) < 4.78 is 6.10. The van der Waals surface area contributed by atoms with E-state index in [1.807, 2.05) is 47.8 Å². The van der Waals surface area contributed by atoms with Crippen molar-refractivity contribution in [2.24, 2.45) is 0 Å². The predicted octanol–water partition coefficient (Wildman–Crippen LogP) is 5.59. The van der Waals surface area contributed by atoms with Crippen molar-refractivity contribution in [2.45, 2.75) is 10.8 Å². The number of benzene rings is 2. The van der Waals surface area contributed by atoms with Crippen LogP contribution in [0, 0.1) is 0 Å². The van der Waals surface area contributed by atoms with Gasteiger partial charge in [-0.1, -0.05) is 41.6 Å². The maximum atomic E-state index is 12.1. The summed E-state index contributed by atoms with van der Waals surface area (Å²) in [6.45, 7) is 0. The van der Waals surface area contributed by atoms with Crippen molar-refractivity contribution in [1.29, 1.82) is 0 Å². The molecule has 0 saturated heterocycles. The smallest absolute Gasteiger partial charge is 0.225 e. The second-order valence-corrected chi connectivity index (χ2v) is 8.02. The second kappa shape index (κ2) is 9.07. The molecule has 1 amide bonds. The maximum absolute atomic E-state index is 12.1. The molecule has 0 fully saturated rings. The fraction of sp³-hybridized carbons (Fsp3) is 0.158. The lowest BCUT2D eigenvalue weighted by molar-refractivity contribution is -0.115. The van der Waals surface area contributed by atoms with Gasteiger partial charge < -0.3 is 10.1 Å². The van der Waals surface area contributed by atoms with Crippen molar-refractivity contribution < 1.29 is 9.53 Å². The van der Waals surface area contributed by atoms with Crippen LogP contribution in [0.5, 0.6) is 5.75 Å². The molecule has 134 valence electrons. The van der Waals surface area contributed by atoms with Gasteiger partial charge in [-0.2, -0.15) is 0 Å². The monoisotopic (exact) mass is 404 g/mol. The average Bonchev–Trinajstić information content (AvgIpc) is 3.11. The molecular formula is C19H17ClN2O2S2. The summed E-state index contributed by atoms with van der Waals surface area (Å²) in [6.07, 6.45) is 0.414. The molecule has 0 bridgehead atoms. The SMILES string of the molecule is COc1cccc(NC(=O)CCSc2nc(-c3ccc(Cl)cc3)cs2)c1. The van der Waals surface area contributed by atoms with Crippen LogP contribution in [0.4, 0.5) is 5.69 Å². The second-order valence-electron chi connectivity index (χ2n) is 5.38. The van der Waals surface area contributed by atoms with Gasteiger partial charge in [0.05, 0.1) is 12.8 Å². The predicted molar refractivity (Wildman–Crippen MR) is 110 cm³/mol. The van der Waals surface area contributed by atoms with Gasteiger partial charge in [-0.25, -0.2) is 4.98 Å². The van der Waals surface area contributed by atoms with Crippen molar-refractivity contribution in [1.82, 2.24) is 4.98 Å². The quantitative estimate of drug-likeness (QED) is 0.521. The number of carbonyl (C=O) groups is 1. The summed E-state index contributed by atoms with van der Waals surface area (Å²) in [6, 6.07) is 14.9. The zero-order valence-electron chi connectivity index (χ0n) is 14.1. The fourth-order valence-corrected chi connectivity index (χ4v) is 4.20. The first-order valence-corrected chi connectivity index (χ1v) is 10.2. The normalized spacial score (nSPS) is 10.5. The van der Waals surface area contributed by atoms with E-state index in [1.54, 1.807) is 36.3 Å². The minimum Gasteiger partial charge on any atom is -0.497 e. The lowest BCUT2D eigenvalue weighted by atomic mass is 10.2. The number of nitrogens with zero attached hydrogens (tertiary/aromatic N) is 1. The van der Waals surface area contributed by atoms with E-state index in [2.05, 4.69) is 10.3 Å². The summed E-state index contributed by atoms with van der Waals surface area (Å²) >= 11 is 9.07. The molecule has 0 aliphatic carbocycles. The minimum absolute atomic E-state index is 0.0276. The van der Waals surface area contributed by atoms with E-state index in [9.17, 15) is 4.79 Å². The molecule has 3 aromatic rings. The van der Waals surface area contributed by atoms with Gasteiger partial charge >= 0.3 is 0 Å². The first-order chi connectivity index (χ1) is 12.6. The van der Waals surface area contributed by atoms with E-state index in [1.165, 1.54) is 0 Å². The van der Waals surface area contributed by atoms with Crippen LogP contribution in [-0.2, 0) is 4.79 Å². The van der Waals surface area contributed by atoms with Crippen molar-refractivity contribution in [3.8, 4) is 17.0 Å². The Morgan fingerprint density at radius 1 is 1.27 bits per heavy atom. The number of hydrogen-bond donors (Lipinski definition) is 1. The van der Waals surface area contributed by atoms with Crippen LogP contribution in [0.2, 0.25) is 5.02 Å². The molecule has 0 atom stereocenters. The lowest BCUT2D eigenvalue weighted by Crippen LogP contribution is -2.12. The Bertz CT molecular complexity index is 881. The van der Waals surface area contributed by atoms with Crippen LogP contribution in [0.3, 0.4) is 0 Å². The third-order valence-corrected chi connectivity index (χ3v) is 5.81. The number of anilines is 1. The van der Waals surface area contributed by atoms with Crippen LogP contribution in [0.15, 0.2) is 58.3 Å². The summed E-state index contributed by atoms with van der Waals surface area (Å²) in [5.74, 6) is 1.36. The molecule has 7 heteroatoms. The van der Waals surface area contributed by atoms with Crippen molar-refractivity contribution >= 4 is 46.3 Å². The van der Waals surface area contributed by atoms with Crippen LogP contribution < -0.4 is 10.1 Å². The maximum Gasteiger partial charge on any atom is 0.225 e. The van der Waals surface area contributed by atoms with E-state index in [4.69, 9.17) is 16.3 Å². The molecule has 0 spiro atoms. The number of halogens is 1. The molecule has 4 nitrogen and oxygen atoms in total. The summed E-state index contributed by atoms with van der Waals surface area (Å²) in [5.41, 5.74) is 2.70. The number of methoxy groups -OCH3 is 1. The lowest BCUT2D eigenvalue weighted by Gasteiger charge is -2.06. The molecular weight excluding hydrogens is 388 g/mol. The highest BCUT2D eigenvalue weighted by atomic mass is 35.5. The highest BCUT2D eigenvalue weighted by Gasteiger charge is 2.08. The van der Waals surface area contributed by atoms with Crippen LogP contribution in [0.25, 0.3) is 11.3 Å². The Labute approximate surface area is 165 Å². The summed E-state index contributed by atoms with van der Waals surface area (Å²) in [5, 5.41) is 5.60. The molecule has 1 N–H and O–H groups in total. The van der Waals surface area contributed by atoms with Gasteiger partial charge in [0.2, 0.25) is 5.91 Å². The van der Waals surface area contributed by atoms with Gasteiger partial charge in [-0.3, -0.25) is 4.79 Å². The van der Waals surface area contributed by atoms with Gasteiger partial charge in [0.15, 0.2) is 4.34 Å². The van der Waals surface area contributed by atoms with E-state index >= 15 is 0 Å². The van der Waals surface area contributed by atoms with E-state index in [0.29, 0.717) is 17.2 Å². The Balaban J connectivity index is 1.48. The van der Waals surface area contributed by atoms with Gasteiger partial charge in [0.1, 0.15) is 5.75 Å². The molecule has 2 aromatic carbocycles. The fourth-order valence-electron chi connectivity index (χ4n) is 2.23. The zero-order chi connectivity index (χ0) is 18.4. The van der Waals surface area contributed by atoms with Gasteiger partial charge in [-0.05, 0) is 24.3 Å². The highest BCUT2D eigenvalue weighted by Crippen LogP contribution is 2.29. The minimum atomic E-state index is -0.0276. The number of nitrogens with one attached hydrogen (secondary N) is 1. The molecule has 0 aliphatic rings. The molecule has 26 heavy (non-hydrogen) atoms. The number of rotatable bonds is 7. The number of ether oxygens (including phenoxy) is 1. The number of thioether (sulfide) groups is 1. The number of carbonyl (C=O) groups excluding carboxylic acids is 1. The molecule has 0 unspecified atom stereocenters. The third kappa shape index (κ3) is 5.24. The zero-order valence-corrected chi connectivity index (χ0v) is 16.5. The molecule has 0 aliphatic heterocycles. The summed E-state index contributed by atoms with van der Waals surface area (Å²) in [7, 11) is 1.60. The standard InChI is InChI=1S/C19H17ClN2O2S2/c1-24-16-4-2-3-15(11-16)21-18(23)9-10-25-19-22-17(12-26-19)13-5-7-14(20)8-6-13/h2-8,11-12H,9-10H2,1H3,(H,21,23). The number of thiazole rings is 1. The van der Waals surface area contributed by atoms with E-state index in [0.717, 1.165) is 27.0 Å². The number of hydrogen-bond acceptors (Lipinski definition) is 5. The van der Waals surface area contributed by atoms with Crippen LogP contribution in [0.1, 0.15) is 6.42 Å². The van der Waals surface area contributed by atoms with Crippen molar-refractivity contribution in [3.05, 3.63) is 58.9 Å². The van der Waals surface area contributed by atoms with Gasteiger partial charge in [0, 0.05) is 39.9 Å². The summed E-state index contributed by atoms with van der Waals surface area (Å²) in [4.78, 5) is 16.7. The van der Waals surface area contributed by atoms with Crippen molar-refractivity contribution in [3.63, 3.8) is 0 Å². The molecule has 1 heterocycles. The molecule has 1 aromatic heterocycles. The van der Waals surface area contributed by atoms with Crippen LogP contribution >= 0.6 is 34.7 Å². The van der Waals surface area contributed by atoms with Gasteiger partial charge in [-0.15, -0.1) is 11.3 Å². The third-order valence-electron chi connectivity index (χ3n) is 3.53. The van der Waals surface area contributed by atoms with Crippen LogP contribution in [-0.4, -0.2) is 23.8 Å². The van der Waals surface area contributed by atoms with E-state index in [-0.39, 0.29) is 5.91 Å². The topological polar surface area (TPSA) is 51.2 Å². The highest BCUT2D eigenvalue weighted by molar-refractivity contribution is 8.01. The Hall–Kier alpha value is -2.02. The Kier molecular flexibility index (Phi) is 6.55. The first kappa shape index (κ1) is 18.8. The molecule has 3 rings (SSSR count). The largest absolute Gasteiger partial charge is 0.497 e. The number of aromatic nitrogens is 1. The molecule has 0 saturated carbocycles.